The molecule has 2 heterocycles. The van der Waals surface area contributed by atoms with Gasteiger partial charge in [0.1, 0.15) is 5.76 Å². The van der Waals surface area contributed by atoms with Crippen LogP contribution in [0.1, 0.15) is 10.6 Å². The smallest absolute Gasteiger partial charge is 0.293 e. The molecular weight excluding hydrogens is 424 g/mol. The molecule has 0 spiro atoms. The van der Waals surface area contributed by atoms with E-state index in [-0.39, 0.29) is 33.6 Å². The molecule has 31 heavy (non-hydrogen) atoms. The number of amides is 1. The van der Waals surface area contributed by atoms with Crippen molar-refractivity contribution in [2.24, 2.45) is 0 Å². The average Bonchev–Trinajstić information content (AvgIpc) is 3.44. The Hall–Kier alpha value is -4.38. The Morgan fingerprint density at radius 2 is 1.81 bits per heavy atom. The zero-order valence-electron chi connectivity index (χ0n) is 15.6. The highest BCUT2D eigenvalue weighted by atomic mass is 32.1. The molecule has 0 fully saturated rings. The number of nitrogens with one attached hydrogen (secondary N) is 1. The zero-order chi connectivity index (χ0) is 22.0. The van der Waals surface area contributed by atoms with Gasteiger partial charge < -0.3 is 4.42 Å². The highest BCUT2D eigenvalue weighted by Crippen LogP contribution is 2.32. The molecule has 11 heteroatoms. The third kappa shape index (κ3) is 4.16. The van der Waals surface area contributed by atoms with Crippen molar-refractivity contribution in [2.75, 3.05) is 5.32 Å². The van der Waals surface area contributed by atoms with E-state index < -0.39 is 15.8 Å². The van der Waals surface area contributed by atoms with Gasteiger partial charge in [-0.1, -0.05) is 24.3 Å². The lowest BCUT2D eigenvalue weighted by molar-refractivity contribution is -0.384. The third-order valence-electron chi connectivity index (χ3n) is 4.27. The van der Waals surface area contributed by atoms with Crippen molar-refractivity contribution < 1.29 is 19.1 Å². The summed E-state index contributed by atoms with van der Waals surface area (Å²) < 4.78 is 5.51. The average molecular weight is 436 g/mol. The standard InChI is InChI=1S/C20H12N4O6S/c25-19(18-9-8-17(30-18)14-6-1-2-7-16(14)24(28)29)22-20-21-15(11-31-20)12-4-3-5-13(10-12)23(26)27/h1-11H,(H,21,22,25). The summed E-state index contributed by atoms with van der Waals surface area (Å²) in [6.07, 6.45) is 0. The molecule has 1 N–H and O–H groups in total. The lowest BCUT2D eigenvalue weighted by Crippen LogP contribution is -2.10. The highest BCUT2D eigenvalue weighted by Gasteiger charge is 2.20. The number of nitro benzene ring substituents is 2. The number of anilines is 1. The molecule has 154 valence electrons. The van der Waals surface area contributed by atoms with E-state index in [1.165, 1.54) is 36.4 Å². The molecule has 1 amide bonds. The van der Waals surface area contributed by atoms with Gasteiger partial charge in [-0.25, -0.2) is 4.98 Å². The summed E-state index contributed by atoms with van der Waals surface area (Å²) in [5.41, 5.74) is 1.08. The summed E-state index contributed by atoms with van der Waals surface area (Å²) in [6, 6.07) is 15.0. The van der Waals surface area contributed by atoms with Crippen LogP contribution in [0.5, 0.6) is 0 Å². The maximum Gasteiger partial charge on any atom is 0.293 e. The van der Waals surface area contributed by atoms with Crippen molar-refractivity contribution in [1.82, 2.24) is 4.98 Å². The van der Waals surface area contributed by atoms with Crippen LogP contribution in [0.15, 0.2) is 70.5 Å². The number of furan rings is 1. The van der Waals surface area contributed by atoms with Gasteiger partial charge in [0.05, 0.1) is 21.1 Å². The predicted octanol–water partition coefficient (Wildman–Crippen LogP) is 5.14. The molecule has 2 aromatic carbocycles. The molecular formula is C20H12N4O6S. The number of para-hydroxylation sites is 1. The molecule has 4 aromatic rings. The summed E-state index contributed by atoms with van der Waals surface area (Å²) in [7, 11) is 0. The van der Waals surface area contributed by atoms with Crippen LogP contribution in [0.4, 0.5) is 16.5 Å². The van der Waals surface area contributed by atoms with Crippen LogP contribution in [0, 0.1) is 20.2 Å². The normalized spacial score (nSPS) is 10.6. The predicted molar refractivity (Wildman–Crippen MR) is 113 cm³/mol. The number of rotatable bonds is 6. The first-order chi connectivity index (χ1) is 14.9. The number of carbonyl (C=O) groups excluding carboxylic acids is 1. The van der Waals surface area contributed by atoms with E-state index in [9.17, 15) is 25.0 Å². The lowest BCUT2D eigenvalue weighted by Gasteiger charge is -2.00. The molecule has 4 rings (SSSR count). The number of nitrogens with zero attached hydrogens (tertiary/aromatic N) is 3. The van der Waals surface area contributed by atoms with Gasteiger partial charge in [-0.2, -0.15) is 0 Å². The van der Waals surface area contributed by atoms with Gasteiger partial charge in [0.15, 0.2) is 10.9 Å². The third-order valence-corrected chi connectivity index (χ3v) is 5.03. The number of hydrogen-bond acceptors (Lipinski definition) is 8. The highest BCUT2D eigenvalue weighted by molar-refractivity contribution is 7.14. The van der Waals surface area contributed by atoms with Gasteiger partial charge in [-0.3, -0.25) is 30.3 Å². The van der Waals surface area contributed by atoms with Gasteiger partial charge in [0, 0.05) is 29.1 Å². The lowest BCUT2D eigenvalue weighted by atomic mass is 10.1. The van der Waals surface area contributed by atoms with Crippen LogP contribution in [0.2, 0.25) is 0 Å². The summed E-state index contributed by atoms with van der Waals surface area (Å²) in [5.74, 6) is -0.432. The van der Waals surface area contributed by atoms with Gasteiger partial charge in [-0.05, 0) is 18.2 Å². The monoisotopic (exact) mass is 436 g/mol. The maximum atomic E-state index is 12.5. The molecule has 0 aliphatic heterocycles. The maximum absolute atomic E-state index is 12.5. The van der Waals surface area contributed by atoms with Crippen molar-refractivity contribution >= 4 is 33.8 Å². The van der Waals surface area contributed by atoms with E-state index in [1.807, 2.05) is 0 Å². The van der Waals surface area contributed by atoms with E-state index in [1.54, 1.807) is 29.6 Å². The summed E-state index contributed by atoms with van der Waals surface area (Å²) >= 11 is 1.15. The van der Waals surface area contributed by atoms with Gasteiger partial charge in [-0.15, -0.1) is 11.3 Å². The van der Waals surface area contributed by atoms with E-state index >= 15 is 0 Å². The van der Waals surface area contributed by atoms with Gasteiger partial charge in [0.2, 0.25) is 0 Å². The Labute approximate surface area is 178 Å². The SMILES string of the molecule is O=C(Nc1nc(-c2cccc([N+](=O)[O-])c2)cs1)c1ccc(-c2ccccc2[N+](=O)[O-])o1. The number of hydrogen-bond donors (Lipinski definition) is 1. The van der Waals surface area contributed by atoms with Crippen LogP contribution in [-0.2, 0) is 0 Å². The van der Waals surface area contributed by atoms with E-state index in [0.29, 0.717) is 11.3 Å². The second-order valence-corrected chi connectivity index (χ2v) is 7.10. The minimum atomic E-state index is -0.579. The Morgan fingerprint density at radius 1 is 1.00 bits per heavy atom. The summed E-state index contributed by atoms with van der Waals surface area (Å²) in [5, 5.41) is 26.7. The topological polar surface area (TPSA) is 141 Å². The first-order valence-corrected chi connectivity index (χ1v) is 9.65. The van der Waals surface area contributed by atoms with Gasteiger partial charge in [0.25, 0.3) is 17.3 Å². The zero-order valence-corrected chi connectivity index (χ0v) is 16.4. The Balaban J connectivity index is 1.52. The van der Waals surface area contributed by atoms with Crippen LogP contribution in [-0.4, -0.2) is 20.7 Å². The number of benzene rings is 2. The molecule has 0 aliphatic rings. The largest absolute Gasteiger partial charge is 0.451 e. The number of aromatic nitrogens is 1. The van der Waals surface area contributed by atoms with E-state index in [4.69, 9.17) is 4.42 Å². The van der Waals surface area contributed by atoms with Crippen molar-refractivity contribution in [3.63, 3.8) is 0 Å². The molecule has 0 unspecified atom stereocenters. The molecule has 0 saturated carbocycles. The van der Waals surface area contributed by atoms with Crippen molar-refractivity contribution in [3.8, 4) is 22.6 Å². The van der Waals surface area contributed by atoms with E-state index in [2.05, 4.69) is 10.3 Å². The van der Waals surface area contributed by atoms with Crippen LogP contribution in [0.3, 0.4) is 0 Å². The first-order valence-electron chi connectivity index (χ1n) is 8.77. The van der Waals surface area contributed by atoms with Crippen molar-refractivity contribution in [3.05, 3.63) is 92.0 Å². The van der Waals surface area contributed by atoms with Crippen LogP contribution >= 0.6 is 11.3 Å². The quantitative estimate of drug-likeness (QED) is 0.326. The molecule has 0 radical (unpaired) electrons. The molecule has 0 atom stereocenters. The summed E-state index contributed by atoms with van der Waals surface area (Å²) in [4.78, 5) is 37.9. The minimum Gasteiger partial charge on any atom is -0.451 e. The number of thiazole rings is 1. The Bertz CT molecular complexity index is 1310. The first kappa shape index (κ1) is 19.9. The molecule has 0 aliphatic carbocycles. The van der Waals surface area contributed by atoms with Crippen molar-refractivity contribution in [2.45, 2.75) is 0 Å². The fraction of sp³-hybridized carbons (Fsp3) is 0. The fourth-order valence-corrected chi connectivity index (χ4v) is 3.56. The minimum absolute atomic E-state index is 0.0414. The van der Waals surface area contributed by atoms with Crippen LogP contribution < -0.4 is 5.32 Å². The molecule has 0 saturated heterocycles. The second kappa shape index (κ2) is 8.16. The number of carbonyl (C=O) groups is 1. The Kier molecular flexibility index (Phi) is 5.24. The Morgan fingerprint density at radius 3 is 2.58 bits per heavy atom. The van der Waals surface area contributed by atoms with Gasteiger partial charge >= 0.3 is 0 Å². The van der Waals surface area contributed by atoms with E-state index in [0.717, 1.165) is 11.3 Å². The molecule has 10 nitrogen and oxygen atoms in total. The second-order valence-electron chi connectivity index (χ2n) is 6.24. The number of nitro groups is 2. The molecule has 2 aromatic heterocycles. The van der Waals surface area contributed by atoms with Crippen molar-refractivity contribution in [1.29, 1.82) is 0 Å². The summed E-state index contributed by atoms with van der Waals surface area (Å²) in [6.45, 7) is 0. The fourth-order valence-electron chi connectivity index (χ4n) is 2.85. The molecule has 0 bridgehead atoms. The number of non-ortho nitro benzene ring substituents is 1. The van der Waals surface area contributed by atoms with Crippen LogP contribution in [0.25, 0.3) is 22.6 Å².